The van der Waals surface area contributed by atoms with Crippen molar-refractivity contribution in [3.05, 3.63) is 0 Å². The Kier molecular flexibility index (Phi) is 6.88. The first-order valence-electron chi connectivity index (χ1n) is 5.34. The molecule has 0 heterocycles. The van der Waals surface area contributed by atoms with Crippen LogP contribution in [0.4, 0.5) is 0 Å². The highest BCUT2D eigenvalue weighted by atomic mass is 16.4. The number of carbonyl (C=O) groups is 3. The topological polar surface area (TPSA) is 121 Å². The first-order chi connectivity index (χ1) is 7.92. The van der Waals surface area contributed by atoms with E-state index in [1.165, 1.54) is 0 Å². The largest absolute Gasteiger partial charge is 0.480 e. The third-order valence-electron chi connectivity index (χ3n) is 2.23. The van der Waals surface area contributed by atoms with Crippen LogP contribution in [-0.2, 0) is 14.4 Å². The quantitative estimate of drug-likeness (QED) is 0.523. The van der Waals surface area contributed by atoms with Crippen LogP contribution in [0.2, 0.25) is 0 Å². The van der Waals surface area contributed by atoms with Gasteiger partial charge in [0.25, 0.3) is 0 Å². The number of rotatable bonds is 8. The summed E-state index contributed by atoms with van der Waals surface area (Å²) in [7, 11) is 0. The minimum Gasteiger partial charge on any atom is -0.480 e. The minimum absolute atomic E-state index is 0.0857. The molecule has 0 aliphatic rings. The molecule has 0 aliphatic heterocycles. The van der Waals surface area contributed by atoms with Crippen molar-refractivity contribution in [2.75, 3.05) is 19.6 Å². The van der Waals surface area contributed by atoms with Gasteiger partial charge in [-0.3, -0.25) is 14.4 Å². The van der Waals surface area contributed by atoms with E-state index in [0.29, 0.717) is 6.42 Å². The van der Waals surface area contributed by atoms with Crippen molar-refractivity contribution in [1.82, 2.24) is 4.90 Å². The number of carbonyl (C=O) groups excluding carboxylic acids is 1. The average Bonchev–Trinajstić information content (AvgIpc) is 2.22. The molecule has 0 saturated carbocycles. The number of nitrogens with zero attached hydrogens (tertiary/aromatic N) is 1. The predicted molar refractivity (Wildman–Crippen MR) is 59.3 cm³/mol. The summed E-state index contributed by atoms with van der Waals surface area (Å²) < 4.78 is 0. The Labute approximate surface area is 99.2 Å². The van der Waals surface area contributed by atoms with Crippen molar-refractivity contribution >= 4 is 17.8 Å². The van der Waals surface area contributed by atoms with Crippen LogP contribution in [0.3, 0.4) is 0 Å². The van der Waals surface area contributed by atoms with Crippen LogP contribution in [-0.4, -0.2) is 52.6 Å². The van der Waals surface area contributed by atoms with Crippen molar-refractivity contribution in [2.24, 2.45) is 11.7 Å². The summed E-state index contributed by atoms with van der Waals surface area (Å²) in [5.41, 5.74) is 5.42. The van der Waals surface area contributed by atoms with E-state index < -0.39 is 36.9 Å². The Morgan fingerprint density at radius 2 is 1.65 bits per heavy atom. The van der Waals surface area contributed by atoms with E-state index in [-0.39, 0.29) is 6.54 Å². The number of hydrogen-bond donors (Lipinski definition) is 3. The first kappa shape index (κ1) is 15.4. The van der Waals surface area contributed by atoms with Crippen molar-refractivity contribution < 1.29 is 24.6 Å². The Balaban J connectivity index is 4.69. The summed E-state index contributed by atoms with van der Waals surface area (Å²) in [6.45, 7) is 0.716. The fourth-order valence-electron chi connectivity index (χ4n) is 1.49. The number of hydrogen-bond acceptors (Lipinski definition) is 4. The van der Waals surface area contributed by atoms with Gasteiger partial charge in [-0.25, -0.2) is 0 Å². The summed E-state index contributed by atoms with van der Waals surface area (Å²) in [5.74, 6) is -3.52. The fourth-order valence-corrected chi connectivity index (χ4v) is 1.49. The van der Waals surface area contributed by atoms with Gasteiger partial charge in [-0.05, 0) is 6.42 Å². The number of aliphatic carboxylic acids is 2. The highest BCUT2D eigenvalue weighted by Gasteiger charge is 2.25. The van der Waals surface area contributed by atoms with Crippen LogP contribution in [0.15, 0.2) is 0 Å². The Morgan fingerprint density at radius 3 is 1.94 bits per heavy atom. The minimum atomic E-state index is -1.24. The molecule has 7 nitrogen and oxygen atoms in total. The van der Waals surface area contributed by atoms with E-state index in [1.807, 2.05) is 6.92 Å². The molecule has 1 atom stereocenters. The van der Waals surface area contributed by atoms with Crippen LogP contribution in [0, 0.1) is 5.92 Å². The van der Waals surface area contributed by atoms with Crippen molar-refractivity contribution in [1.29, 1.82) is 0 Å². The van der Waals surface area contributed by atoms with E-state index in [0.717, 1.165) is 11.3 Å². The zero-order valence-electron chi connectivity index (χ0n) is 9.76. The molecule has 7 heteroatoms. The molecule has 0 rings (SSSR count). The molecule has 1 unspecified atom stereocenters. The summed E-state index contributed by atoms with van der Waals surface area (Å²) in [6, 6.07) is 0. The van der Waals surface area contributed by atoms with Gasteiger partial charge in [-0.1, -0.05) is 13.3 Å². The highest BCUT2D eigenvalue weighted by Crippen LogP contribution is 2.09. The standard InChI is InChI=1S/C10H18N2O5/c1-2-3-7(4-11)10(17)12(5-8(13)14)6-9(15)16/h7H,2-6,11H2,1H3,(H,13,14)(H,15,16). The Bertz CT molecular complexity index is 276. The van der Waals surface area contributed by atoms with Gasteiger partial charge in [0.1, 0.15) is 13.1 Å². The van der Waals surface area contributed by atoms with E-state index >= 15 is 0 Å². The molecule has 0 aromatic carbocycles. The molecule has 17 heavy (non-hydrogen) atoms. The monoisotopic (exact) mass is 246 g/mol. The average molecular weight is 246 g/mol. The van der Waals surface area contributed by atoms with E-state index in [4.69, 9.17) is 15.9 Å². The van der Waals surface area contributed by atoms with Gasteiger partial charge in [-0.15, -0.1) is 0 Å². The molecule has 0 bridgehead atoms. The van der Waals surface area contributed by atoms with Gasteiger partial charge >= 0.3 is 11.9 Å². The molecule has 0 spiro atoms. The number of carboxylic acids is 2. The molecular weight excluding hydrogens is 228 g/mol. The predicted octanol–water partition coefficient (Wildman–Crippen LogP) is -0.641. The second-order valence-corrected chi connectivity index (χ2v) is 3.70. The lowest BCUT2D eigenvalue weighted by molar-refractivity contribution is -0.151. The molecule has 0 radical (unpaired) electrons. The zero-order valence-corrected chi connectivity index (χ0v) is 9.76. The third kappa shape index (κ3) is 5.86. The second-order valence-electron chi connectivity index (χ2n) is 3.70. The molecule has 4 N–H and O–H groups in total. The van der Waals surface area contributed by atoms with Gasteiger partial charge in [0.2, 0.25) is 5.91 Å². The van der Waals surface area contributed by atoms with E-state index in [1.54, 1.807) is 0 Å². The maximum Gasteiger partial charge on any atom is 0.323 e. The Hall–Kier alpha value is -1.63. The van der Waals surface area contributed by atoms with Gasteiger partial charge < -0.3 is 20.8 Å². The lowest BCUT2D eigenvalue weighted by Gasteiger charge is -2.23. The molecule has 0 aliphatic carbocycles. The first-order valence-corrected chi connectivity index (χ1v) is 5.34. The van der Waals surface area contributed by atoms with Crippen molar-refractivity contribution in [3.8, 4) is 0 Å². The highest BCUT2D eigenvalue weighted by molar-refractivity contribution is 5.86. The molecular formula is C10H18N2O5. The van der Waals surface area contributed by atoms with Gasteiger partial charge in [0, 0.05) is 6.54 Å². The fraction of sp³-hybridized carbons (Fsp3) is 0.700. The lowest BCUT2D eigenvalue weighted by atomic mass is 10.0. The molecule has 0 aromatic rings. The third-order valence-corrected chi connectivity index (χ3v) is 2.23. The molecule has 0 fully saturated rings. The summed E-state index contributed by atoms with van der Waals surface area (Å²) in [4.78, 5) is 33.8. The van der Waals surface area contributed by atoms with Crippen LogP contribution in [0.5, 0.6) is 0 Å². The summed E-state index contributed by atoms with van der Waals surface area (Å²) in [5, 5.41) is 17.2. The maximum absolute atomic E-state index is 11.9. The van der Waals surface area contributed by atoms with E-state index in [9.17, 15) is 14.4 Å². The van der Waals surface area contributed by atoms with Gasteiger partial charge in [-0.2, -0.15) is 0 Å². The number of amides is 1. The van der Waals surface area contributed by atoms with Crippen LogP contribution < -0.4 is 5.73 Å². The number of carboxylic acid groups (broad SMARTS) is 2. The molecule has 1 amide bonds. The summed E-state index contributed by atoms with van der Waals surface area (Å²) in [6.07, 6.45) is 1.24. The summed E-state index contributed by atoms with van der Waals surface area (Å²) >= 11 is 0. The lowest BCUT2D eigenvalue weighted by Crippen LogP contribution is -2.44. The normalized spacial score (nSPS) is 11.9. The zero-order chi connectivity index (χ0) is 13.4. The second kappa shape index (κ2) is 7.61. The molecule has 98 valence electrons. The smallest absolute Gasteiger partial charge is 0.323 e. The Morgan fingerprint density at radius 1 is 1.18 bits per heavy atom. The van der Waals surface area contributed by atoms with Gasteiger partial charge in [0.05, 0.1) is 5.92 Å². The van der Waals surface area contributed by atoms with Crippen molar-refractivity contribution in [2.45, 2.75) is 19.8 Å². The molecule has 0 saturated heterocycles. The van der Waals surface area contributed by atoms with Crippen LogP contribution in [0.1, 0.15) is 19.8 Å². The van der Waals surface area contributed by atoms with E-state index in [2.05, 4.69) is 0 Å². The SMILES string of the molecule is CCCC(CN)C(=O)N(CC(=O)O)CC(=O)O. The van der Waals surface area contributed by atoms with Crippen LogP contribution in [0.25, 0.3) is 0 Å². The maximum atomic E-state index is 11.9. The molecule has 0 aromatic heterocycles. The van der Waals surface area contributed by atoms with Crippen molar-refractivity contribution in [3.63, 3.8) is 0 Å². The van der Waals surface area contributed by atoms with Gasteiger partial charge in [0.15, 0.2) is 0 Å². The van der Waals surface area contributed by atoms with Crippen LogP contribution >= 0.6 is 0 Å². The number of nitrogens with two attached hydrogens (primary N) is 1.